The van der Waals surface area contributed by atoms with E-state index in [9.17, 15) is 0 Å². The molecule has 1 aliphatic carbocycles. The summed E-state index contributed by atoms with van der Waals surface area (Å²) in [5.41, 5.74) is 5.70. The summed E-state index contributed by atoms with van der Waals surface area (Å²) in [7, 11) is 0. The first-order valence-electron chi connectivity index (χ1n) is 5.29. The van der Waals surface area contributed by atoms with Gasteiger partial charge in [0.05, 0.1) is 0 Å². The van der Waals surface area contributed by atoms with Crippen molar-refractivity contribution >= 4 is 0 Å². The molecule has 1 aromatic heterocycles. The maximum atomic E-state index is 4.63. The van der Waals surface area contributed by atoms with Crippen LogP contribution in [0.5, 0.6) is 0 Å². The van der Waals surface area contributed by atoms with E-state index in [1.54, 1.807) is 11.1 Å². The minimum atomic E-state index is 1.16. The number of aryl methyl sites for hydroxylation is 3. The quantitative estimate of drug-likeness (QED) is 0.673. The van der Waals surface area contributed by atoms with Crippen LogP contribution in [0.25, 0.3) is 0 Å². The van der Waals surface area contributed by atoms with E-state index < -0.39 is 0 Å². The van der Waals surface area contributed by atoms with Crippen LogP contribution in [-0.2, 0) is 19.3 Å². The molecule has 0 radical (unpaired) electrons. The van der Waals surface area contributed by atoms with Gasteiger partial charge in [0.25, 0.3) is 0 Å². The topological polar surface area (TPSA) is 12.9 Å². The number of pyridine rings is 1. The van der Waals surface area contributed by atoms with E-state index in [4.69, 9.17) is 0 Å². The number of nitrogens with zero attached hydrogens (tertiary/aromatic N) is 1. The Labute approximate surface area is 80.2 Å². The number of hydrogen-bond acceptors (Lipinski definition) is 1. The molecule has 0 atom stereocenters. The molecule has 1 heteroatoms. The van der Waals surface area contributed by atoms with Crippen LogP contribution >= 0.6 is 0 Å². The van der Waals surface area contributed by atoms with Crippen molar-refractivity contribution in [2.75, 3.05) is 0 Å². The van der Waals surface area contributed by atoms with Gasteiger partial charge in [-0.15, -0.1) is 0 Å². The zero-order valence-corrected chi connectivity index (χ0v) is 8.56. The molecule has 0 aliphatic heterocycles. The predicted octanol–water partition coefficient (Wildman–Crippen LogP) is 2.83. The average molecular weight is 175 g/mol. The van der Waals surface area contributed by atoms with Crippen LogP contribution in [0.4, 0.5) is 0 Å². The van der Waals surface area contributed by atoms with E-state index in [2.05, 4.69) is 24.9 Å². The molecule has 0 unspecified atom stereocenters. The zero-order valence-electron chi connectivity index (χ0n) is 8.56. The van der Waals surface area contributed by atoms with Crippen molar-refractivity contribution in [3.63, 3.8) is 0 Å². The van der Waals surface area contributed by atoms with Gasteiger partial charge < -0.3 is 0 Å². The van der Waals surface area contributed by atoms with Gasteiger partial charge in [0.15, 0.2) is 0 Å². The third kappa shape index (κ3) is 1.60. The highest BCUT2D eigenvalue weighted by Crippen LogP contribution is 2.25. The van der Waals surface area contributed by atoms with Gasteiger partial charge >= 0.3 is 0 Å². The Balaban J connectivity index is 2.43. The fraction of sp³-hybridized carbons (Fsp3) is 0.583. The highest BCUT2D eigenvalue weighted by atomic mass is 14.7. The zero-order chi connectivity index (χ0) is 9.26. The summed E-state index contributed by atoms with van der Waals surface area (Å²) in [6.45, 7) is 4.34. The fourth-order valence-electron chi connectivity index (χ4n) is 2.26. The summed E-state index contributed by atoms with van der Waals surface area (Å²) in [5, 5.41) is 0. The molecule has 2 rings (SSSR count). The maximum Gasteiger partial charge on any atom is 0.0441 e. The third-order valence-corrected chi connectivity index (χ3v) is 2.79. The van der Waals surface area contributed by atoms with E-state index in [0.717, 1.165) is 6.42 Å². The van der Waals surface area contributed by atoms with Crippen LogP contribution in [0, 0.1) is 6.92 Å². The van der Waals surface area contributed by atoms with Crippen LogP contribution in [-0.4, -0.2) is 4.98 Å². The number of aromatic nitrogens is 1. The van der Waals surface area contributed by atoms with E-state index >= 15 is 0 Å². The van der Waals surface area contributed by atoms with Crippen LogP contribution in [0.1, 0.15) is 42.3 Å². The van der Waals surface area contributed by atoms with Crippen LogP contribution < -0.4 is 0 Å². The average Bonchev–Trinajstić information content (AvgIpc) is 2.52. The molecule has 1 nitrogen and oxygen atoms in total. The summed E-state index contributed by atoms with van der Waals surface area (Å²) in [6.07, 6.45) is 6.23. The Hall–Kier alpha value is -0.850. The second-order valence-corrected chi connectivity index (χ2v) is 3.95. The molecule has 0 spiro atoms. The second kappa shape index (κ2) is 3.49. The van der Waals surface area contributed by atoms with E-state index in [1.165, 1.54) is 37.1 Å². The normalized spacial score (nSPS) is 14.6. The molecule has 0 amide bonds. The Bertz CT molecular complexity index is 315. The summed E-state index contributed by atoms with van der Waals surface area (Å²) < 4.78 is 0. The molecule has 0 saturated heterocycles. The van der Waals surface area contributed by atoms with Gasteiger partial charge in [-0.2, -0.15) is 0 Å². The molecular formula is C12H17N. The summed E-state index contributed by atoms with van der Waals surface area (Å²) in [6, 6.07) is 2.27. The second-order valence-electron chi connectivity index (χ2n) is 3.95. The molecular weight excluding hydrogens is 158 g/mol. The van der Waals surface area contributed by atoms with Gasteiger partial charge in [0, 0.05) is 11.4 Å². The SMILES string of the molecule is CCCc1nc(C)cc2c1CCC2. The minimum absolute atomic E-state index is 1.16. The summed E-state index contributed by atoms with van der Waals surface area (Å²) >= 11 is 0. The molecule has 0 saturated carbocycles. The molecule has 0 aromatic carbocycles. The first-order valence-corrected chi connectivity index (χ1v) is 5.29. The van der Waals surface area contributed by atoms with Gasteiger partial charge in [-0.3, -0.25) is 4.98 Å². The van der Waals surface area contributed by atoms with Gasteiger partial charge in [-0.1, -0.05) is 13.3 Å². The Morgan fingerprint density at radius 1 is 1.38 bits per heavy atom. The monoisotopic (exact) mass is 175 g/mol. The van der Waals surface area contributed by atoms with Crippen molar-refractivity contribution in [1.29, 1.82) is 0 Å². The molecule has 70 valence electrons. The highest BCUT2D eigenvalue weighted by Gasteiger charge is 2.15. The predicted molar refractivity (Wildman–Crippen MR) is 55.0 cm³/mol. The standard InChI is InChI=1S/C12H17N/c1-3-5-12-11-7-4-6-10(11)8-9(2)13-12/h8H,3-7H2,1-2H3. The molecule has 0 bridgehead atoms. The largest absolute Gasteiger partial charge is 0.258 e. The molecule has 0 fully saturated rings. The fourth-order valence-corrected chi connectivity index (χ4v) is 2.26. The lowest BCUT2D eigenvalue weighted by Gasteiger charge is -2.07. The van der Waals surface area contributed by atoms with Crippen LogP contribution in [0.2, 0.25) is 0 Å². The van der Waals surface area contributed by atoms with Gasteiger partial charge in [-0.25, -0.2) is 0 Å². The summed E-state index contributed by atoms with van der Waals surface area (Å²) in [5.74, 6) is 0. The van der Waals surface area contributed by atoms with E-state index in [-0.39, 0.29) is 0 Å². The van der Waals surface area contributed by atoms with Crippen molar-refractivity contribution in [2.24, 2.45) is 0 Å². The molecule has 1 aliphatic rings. The Morgan fingerprint density at radius 3 is 3.00 bits per heavy atom. The van der Waals surface area contributed by atoms with E-state index in [1.807, 2.05) is 0 Å². The molecule has 0 N–H and O–H groups in total. The van der Waals surface area contributed by atoms with Crippen molar-refractivity contribution in [1.82, 2.24) is 4.98 Å². The smallest absolute Gasteiger partial charge is 0.0441 e. The lowest BCUT2D eigenvalue weighted by atomic mass is 10.1. The lowest BCUT2D eigenvalue weighted by molar-refractivity contribution is 0.845. The maximum absolute atomic E-state index is 4.63. The molecule has 13 heavy (non-hydrogen) atoms. The minimum Gasteiger partial charge on any atom is -0.258 e. The van der Waals surface area contributed by atoms with Crippen molar-refractivity contribution in [3.05, 3.63) is 28.6 Å². The molecule has 1 heterocycles. The number of hydrogen-bond donors (Lipinski definition) is 0. The van der Waals surface area contributed by atoms with Gasteiger partial charge in [-0.05, 0) is 49.8 Å². The Kier molecular flexibility index (Phi) is 2.34. The Morgan fingerprint density at radius 2 is 2.23 bits per heavy atom. The lowest BCUT2D eigenvalue weighted by Crippen LogP contribution is -1.99. The van der Waals surface area contributed by atoms with Crippen molar-refractivity contribution in [2.45, 2.75) is 46.0 Å². The van der Waals surface area contributed by atoms with E-state index in [0.29, 0.717) is 0 Å². The first-order chi connectivity index (χ1) is 6.31. The third-order valence-electron chi connectivity index (χ3n) is 2.79. The number of rotatable bonds is 2. The van der Waals surface area contributed by atoms with Crippen LogP contribution in [0.15, 0.2) is 6.07 Å². The van der Waals surface area contributed by atoms with Crippen molar-refractivity contribution < 1.29 is 0 Å². The summed E-state index contributed by atoms with van der Waals surface area (Å²) in [4.78, 5) is 4.63. The van der Waals surface area contributed by atoms with Crippen LogP contribution in [0.3, 0.4) is 0 Å². The van der Waals surface area contributed by atoms with Gasteiger partial charge in [0.1, 0.15) is 0 Å². The van der Waals surface area contributed by atoms with Crippen molar-refractivity contribution in [3.8, 4) is 0 Å². The first kappa shape index (κ1) is 8.74. The molecule has 1 aromatic rings. The van der Waals surface area contributed by atoms with Gasteiger partial charge in [0.2, 0.25) is 0 Å². The highest BCUT2D eigenvalue weighted by molar-refractivity contribution is 5.36. The number of fused-ring (bicyclic) bond motifs is 1.